The van der Waals surface area contributed by atoms with Crippen LogP contribution in [-0.4, -0.2) is 16.7 Å². The van der Waals surface area contributed by atoms with Crippen molar-refractivity contribution >= 4 is 5.78 Å². The third kappa shape index (κ3) is 2.05. The number of carbonyl (C=O) groups excluding carboxylic acids is 1. The molecule has 0 aliphatic heterocycles. The van der Waals surface area contributed by atoms with E-state index in [1.165, 1.54) is 0 Å². The highest BCUT2D eigenvalue weighted by molar-refractivity contribution is 5.86. The van der Waals surface area contributed by atoms with E-state index < -0.39 is 6.04 Å². The lowest BCUT2D eigenvalue weighted by Crippen LogP contribution is -2.47. The summed E-state index contributed by atoms with van der Waals surface area (Å²) >= 11 is 0. The quantitative estimate of drug-likeness (QED) is 0.606. The molecule has 0 aromatic heterocycles. The number of nitro groups is 1. The molecule has 0 amide bonds. The number of hydrogen-bond donors (Lipinski definition) is 0. The summed E-state index contributed by atoms with van der Waals surface area (Å²) in [5.41, 5.74) is 0.947. The highest BCUT2D eigenvalue weighted by Crippen LogP contribution is 2.46. The zero-order chi connectivity index (χ0) is 13.4. The summed E-state index contributed by atoms with van der Waals surface area (Å²) in [5, 5.41) is 11.4. The number of hydrogen-bond acceptors (Lipinski definition) is 3. The highest BCUT2D eigenvalue weighted by Gasteiger charge is 2.51. The van der Waals surface area contributed by atoms with Gasteiger partial charge in [-0.15, -0.1) is 0 Å². The van der Waals surface area contributed by atoms with E-state index in [0.717, 1.165) is 24.8 Å². The molecule has 2 fully saturated rings. The lowest BCUT2D eigenvalue weighted by molar-refractivity contribution is -0.532. The number of nitrogens with zero attached hydrogens (tertiary/aromatic N) is 1. The number of benzene rings is 1. The van der Waals surface area contributed by atoms with E-state index in [9.17, 15) is 14.9 Å². The van der Waals surface area contributed by atoms with Gasteiger partial charge in [0.15, 0.2) is 0 Å². The molecule has 0 saturated heterocycles. The van der Waals surface area contributed by atoms with Gasteiger partial charge in [-0.3, -0.25) is 14.9 Å². The van der Waals surface area contributed by atoms with E-state index in [-0.39, 0.29) is 28.5 Å². The van der Waals surface area contributed by atoms with Crippen LogP contribution in [0.1, 0.15) is 37.2 Å². The van der Waals surface area contributed by atoms with Crippen molar-refractivity contribution in [2.75, 3.05) is 0 Å². The van der Waals surface area contributed by atoms with Crippen LogP contribution in [0.5, 0.6) is 0 Å². The van der Waals surface area contributed by atoms with Crippen molar-refractivity contribution in [3.05, 3.63) is 46.0 Å². The average Bonchev–Trinajstić information content (AvgIpc) is 2.39. The van der Waals surface area contributed by atoms with Crippen LogP contribution >= 0.6 is 0 Å². The molecule has 1 aromatic carbocycles. The second-order valence-corrected chi connectivity index (χ2v) is 5.66. The van der Waals surface area contributed by atoms with Crippen LogP contribution in [0, 0.1) is 22.0 Å². The van der Waals surface area contributed by atoms with Crippen LogP contribution in [0.2, 0.25) is 0 Å². The topological polar surface area (TPSA) is 60.2 Å². The van der Waals surface area contributed by atoms with Gasteiger partial charge in [-0.2, -0.15) is 0 Å². The molecular weight excluding hydrogens is 242 g/mol. The number of ketones is 1. The smallest absolute Gasteiger partial charge is 0.221 e. The fraction of sp³-hybridized carbons (Fsp3) is 0.533. The molecule has 0 unspecified atom stereocenters. The summed E-state index contributed by atoms with van der Waals surface area (Å²) in [6.07, 6.45) is 3.08. The first kappa shape index (κ1) is 12.3. The monoisotopic (exact) mass is 259 g/mol. The van der Waals surface area contributed by atoms with Gasteiger partial charge in [0, 0.05) is 23.2 Å². The fourth-order valence-electron chi connectivity index (χ4n) is 3.82. The van der Waals surface area contributed by atoms with Gasteiger partial charge in [-0.1, -0.05) is 36.8 Å². The lowest BCUT2D eigenvalue weighted by atomic mass is 9.62. The summed E-state index contributed by atoms with van der Waals surface area (Å²) in [4.78, 5) is 23.5. The van der Waals surface area contributed by atoms with E-state index in [1.807, 2.05) is 30.3 Å². The van der Waals surface area contributed by atoms with Gasteiger partial charge in [0.25, 0.3) is 0 Å². The van der Waals surface area contributed by atoms with Gasteiger partial charge < -0.3 is 0 Å². The van der Waals surface area contributed by atoms with Crippen molar-refractivity contribution in [3.8, 4) is 0 Å². The minimum Gasteiger partial charge on any atom is -0.299 e. The van der Waals surface area contributed by atoms with Crippen molar-refractivity contribution in [2.45, 2.75) is 37.6 Å². The van der Waals surface area contributed by atoms with E-state index in [4.69, 9.17) is 0 Å². The molecule has 2 aliphatic rings. The molecule has 3 rings (SSSR count). The predicted octanol–water partition coefficient (Wildman–Crippen LogP) is 2.80. The molecule has 100 valence electrons. The standard InChI is InChI=1S/C15H17NO3/c17-15-11-7-4-8-12(15)14(13(9-11)16(18)19)10-5-2-1-3-6-10/h1-3,5-6,11-14H,4,7-9H2/t11-,12+,13-,14-/m0/s1. The van der Waals surface area contributed by atoms with Crippen molar-refractivity contribution in [2.24, 2.45) is 11.8 Å². The van der Waals surface area contributed by atoms with Crippen LogP contribution in [0.3, 0.4) is 0 Å². The third-order valence-electron chi connectivity index (χ3n) is 4.66. The lowest BCUT2D eigenvalue weighted by Gasteiger charge is -2.40. The minimum atomic E-state index is -0.601. The van der Waals surface area contributed by atoms with Gasteiger partial charge in [-0.05, 0) is 18.4 Å². The summed E-state index contributed by atoms with van der Waals surface area (Å²) < 4.78 is 0. The molecular formula is C15H17NO3. The van der Waals surface area contributed by atoms with Crippen molar-refractivity contribution in [3.63, 3.8) is 0 Å². The predicted molar refractivity (Wildman–Crippen MR) is 70.4 cm³/mol. The first-order valence-corrected chi connectivity index (χ1v) is 6.90. The Balaban J connectivity index is 2.01. The highest BCUT2D eigenvalue weighted by atomic mass is 16.6. The first-order chi connectivity index (χ1) is 9.18. The van der Waals surface area contributed by atoms with Gasteiger partial charge in [-0.25, -0.2) is 0 Å². The minimum absolute atomic E-state index is 0.0749. The molecule has 2 saturated carbocycles. The molecule has 1 aromatic rings. The molecule has 2 aliphatic carbocycles. The normalized spacial score (nSPS) is 34.0. The van der Waals surface area contributed by atoms with Crippen LogP contribution in [0.15, 0.2) is 30.3 Å². The Bertz CT molecular complexity index is 497. The Morgan fingerprint density at radius 3 is 2.58 bits per heavy atom. The van der Waals surface area contributed by atoms with Crippen LogP contribution in [0.4, 0.5) is 0 Å². The molecule has 19 heavy (non-hydrogen) atoms. The Morgan fingerprint density at radius 2 is 1.89 bits per heavy atom. The van der Waals surface area contributed by atoms with E-state index in [0.29, 0.717) is 6.42 Å². The Hall–Kier alpha value is -1.71. The van der Waals surface area contributed by atoms with E-state index in [1.54, 1.807) is 0 Å². The van der Waals surface area contributed by atoms with Crippen molar-refractivity contribution in [1.29, 1.82) is 0 Å². The van der Waals surface area contributed by atoms with E-state index >= 15 is 0 Å². The number of Topliss-reactive ketones (excluding diaryl/α,β-unsaturated/α-hetero) is 1. The fourth-order valence-corrected chi connectivity index (χ4v) is 3.82. The number of carbonyl (C=O) groups is 1. The molecule has 0 spiro atoms. The Labute approximate surface area is 112 Å². The second-order valence-electron chi connectivity index (χ2n) is 5.66. The summed E-state index contributed by atoms with van der Waals surface area (Å²) in [7, 11) is 0. The van der Waals surface area contributed by atoms with Crippen LogP contribution in [0.25, 0.3) is 0 Å². The molecule has 4 atom stereocenters. The molecule has 4 nitrogen and oxygen atoms in total. The maximum Gasteiger partial charge on any atom is 0.221 e. The first-order valence-electron chi connectivity index (χ1n) is 6.90. The average molecular weight is 259 g/mol. The van der Waals surface area contributed by atoms with Crippen LogP contribution < -0.4 is 0 Å². The Morgan fingerprint density at radius 1 is 1.16 bits per heavy atom. The maximum atomic E-state index is 12.3. The summed E-state index contributed by atoms with van der Waals surface area (Å²) in [6.45, 7) is 0. The number of rotatable bonds is 2. The van der Waals surface area contributed by atoms with Gasteiger partial charge >= 0.3 is 0 Å². The molecule has 0 heterocycles. The molecule has 0 radical (unpaired) electrons. The van der Waals surface area contributed by atoms with Gasteiger partial charge in [0.1, 0.15) is 5.78 Å². The number of fused-ring (bicyclic) bond motifs is 2. The largest absolute Gasteiger partial charge is 0.299 e. The third-order valence-corrected chi connectivity index (χ3v) is 4.66. The zero-order valence-electron chi connectivity index (χ0n) is 10.7. The maximum absolute atomic E-state index is 12.3. The molecule has 4 heteroatoms. The van der Waals surface area contributed by atoms with Gasteiger partial charge in [0.2, 0.25) is 6.04 Å². The summed E-state index contributed by atoms with van der Waals surface area (Å²) in [5.74, 6) is -0.196. The second kappa shape index (κ2) is 4.76. The molecule has 0 N–H and O–H groups in total. The van der Waals surface area contributed by atoms with Crippen molar-refractivity contribution < 1.29 is 9.72 Å². The SMILES string of the molecule is O=C1[C@H]2CCC[C@@H]1[C@H](c1ccccc1)[C@@H]([N+](=O)[O-])C2. The van der Waals surface area contributed by atoms with Crippen LogP contribution in [-0.2, 0) is 4.79 Å². The Kier molecular flexibility index (Phi) is 3.09. The molecule has 2 bridgehead atoms. The summed E-state index contributed by atoms with van der Waals surface area (Å²) in [6, 6.07) is 8.93. The van der Waals surface area contributed by atoms with E-state index in [2.05, 4.69) is 0 Å². The van der Waals surface area contributed by atoms with Gasteiger partial charge in [0.05, 0.1) is 5.92 Å². The van der Waals surface area contributed by atoms with Crippen molar-refractivity contribution in [1.82, 2.24) is 0 Å². The zero-order valence-corrected chi connectivity index (χ0v) is 10.7.